The van der Waals surface area contributed by atoms with Crippen LogP contribution in [0.2, 0.25) is 0 Å². The van der Waals surface area contributed by atoms with Crippen LogP contribution in [0.4, 0.5) is 24.5 Å². The van der Waals surface area contributed by atoms with Gasteiger partial charge in [0.05, 0.1) is 23.4 Å². The van der Waals surface area contributed by atoms with Gasteiger partial charge in [-0.25, -0.2) is 0 Å². The largest absolute Gasteiger partial charge is 0.493 e. The molecule has 0 spiro atoms. The van der Waals surface area contributed by atoms with E-state index in [1.165, 1.54) is 12.1 Å². The second-order valence-electron chi connectivity index (χ2n) is 6.96. The summed E-state index contributed by atoms with van der Waals surface area (Å²) in [6.45, 7) is 2.42. The predicted octanol–water partition coefficient (Wildman–Crippen LogP) is 4.32. The van der Waals surface area contributed by atoms with E-state index in [2.05, 4.69) is 10.6 Å². The third-order valence-corrected chi connectivity index (χ3v) is 4.40. The van der Waals surface area contributed by atoms with Gasteiger partial charge in [0.25, 0.3) is 5.91 Å². The molecular formula is C22H26F3N3O3. The topological polar surface area (TPSA) is 70.7 Å². The molecule has 2 aromatic carbocycles. The Morgan fingerprint density at radius 1 is 1.10 bits per heavy atom. The first kappa shape index (κ1) is 24.0. The van der Waals surface area contributed by atoms with Gasteiger partial charge >= 0.3 is 6.18 Å². The van der Waals surface area contributed by atoms with E-state index in [1.54, 1.807) is 43.3 Å². The molecule has 2 N–H and O–H groups in total. The van der Waals surface area contributed by atoms with Crippen LogP contribution in [0.3, 0.4) is 0 Å². The van der Waals surface area contributed by atoms with E-state index in [1.807, 2.05) is 6.92 Å². The first-order valence-corrected chi connectivity index (χ1v) is 9.82. The second kappa shape index (κ2) is 10.7. The first-order chi connectivity index (χ1) is 14.6. The molecule has 0 bridgehead atoms. The Morgan fingerprint density at radius 2 is 1.81 bits per heavy atom. The number of halogens is 3. The van der Waals surface area contributed by atoms with Crippen LogP contribution in [0.1, 0.15) is 35.7 Å². The average Bonchev–Trinajstić information content (AvgIpc) is 2.71. The van der Waals surface area contributed by atoms with Crippen LogP contribution < -0.4 is 20.3 Å². The van der Waals surface area contributed by atoms with Gasteiger partial charge in [0.2, 0.25) is 5.91 Å². The van der Waals surface area contributed by atoms with Crippen LogP contribution in [-0.2, 0) is 11.0 Å². The van der Waals surface area contributed by atoms with Gasteiger partial charge in [-0.3, -0.25) is 9.59 Å². The Kier molecular flexibility index (Phi) is 8.30. The molecule has 2 aromatic rings. The highest BCUT2D eigenvalue weighted by Crippen LogP contribution is 2.37. The molecule has 0 fully saturated rings. The molecule has 0 aliphatic carbocycles. The van der Waals surface area contributed by atoms with Crippen LogP contribution in [0.5, 0.6) is 5.75 Å². The SMILES string of the molecule is CCOc1ccccc1C(=O)NCCCC(=O)Nc1ccc(N(C)C)cc1C(F)(F)F. The van der Waals surface area contributed by atoms with Crippen LogP contribution in [0.25, 0.3) is 0 Å². The molecule has 0 aliphatic rings. The van der Waals surface area contributed by atoms with E-state index in [0.717, 1.165) is 6.07 Å². The van der Waals surface area contributed by atoms with Gasteiger partial charge in [-0.05, 0) is 43.7 Å². The number of alkyl halides is 3. The Bertz CT molecular complexity index is 914. The zero-order valence-corrected chi connectivity index (χ0v) is 17.7. The number of ether oxygens (including phenoxy) is 1. The van der Waals surface area contributed by atoms with Gasteiger partial charge < -0.3 is 20.3 Å². The summed E-state index contributed by atoms with van der Waals surface area (Å²) in [5, 5.41) is 5.01. The number of nitrogens with one attached hydrogen (secondary N) is 2. The minimum Gasteiger partial charge on any atom is -0.493 e. The predicted molar refractivity (Wildman–Crippen MR) is 114 cm³/mol. The van der Waals surface area contributed by atoms with Crippen molar-refractivity contribution in [1.29, 1.82) is 0 Å². The smallest absolute Gasteiger partial charge is 0.418 e. The van der Waals surface area contributed by atoms with E-state index in [0.29, 0.717) is 23.6 Å². The van der Waals surface area contributed by atoms with Crippen molar-refractivity contribution in [3.63, 3.8) is 0 Å². The van der Waals surface area contributed by atoms with E-state index in [4.69, 9.17) is 4.74 Å². The van der Waals surface area contributed by atoms with E-state index >= 15 is 0 Å². The molecule has 6 nitrogen and oxygen atoms in total. The second-order valence-corrected chi connectivity index (χ2v) is 6.96. The molecule has 0 saturated carbocycles. The molecule has 2 amide bonds. The molecule has 0 radical (unpaired) electrons. The highest BCUT2D eigenvalue weighted by Gasteiger charge is 2.34. The van der Waals surface area contributed by atoms with Crippen molar-refractivity contribution >= 4 is 23.2 Å². The van der Waals surface area contributed by atoms with E-state index in [-0.39, 0.29) is 31.0 Å². The van der Waals surface area contributed by atoms with Gasteiger partial charge in [0.15, 0.2) is 0 Å². The maximum absolute atomic E-state index is 13.4. The molecule has 0 aromatic heterocycles. The summed E-state index contributed by atoms with van der Waals surface area (Å²) in [6, 6.07) is 10.5. The van der Waals surface area contributed by atoms with E-state index < -0.39 is 17.6 Å². The summed E-state index contributed by atoms with van der Waals surface area (Å²) in [6.07, 6.45) is -4.37. The zero-order valence-electron chi connectivity index (χ0n) is 17.7. The fraction of sp³-hybridized carbons (Fsp3) is 0.364. The highest BCUT2D eigenvalue weighted by molar-refractivity contribution is 5.97. The van der Waals surface area contributed by atoms with Crippen molar-refractivity contribution in [2.75, 3.05) is 37.5 Å². The van der Waals surface area contributed by atoms with Crippen LogP contribution in [0.15, 0.2) is 42.5 Å². The van der Waals surface area contributed by atoms with Crippen molar-refractivity contribution in [3.8, 4) is 5.75 Å². The standard InChI is InChI=1S/C22H26F3N3O3/c1-4-31-19-9-6-5-8-16(19)21(30)26-13-7-10-20(29)27-18-12-11-15(28(2)3)14-17(18)22(23,24)25/h5-6,8-9,11-12,14H,4,7,10,13H2,1-3H3,(H,26,30)(H,27,29). The summed E-state index contributed by atoms with van der Waals surface area (Å²) >= 11 is 0. The molecule has 0 heterocycles. The Balaban J connectivity index is 1.91. The molecule has 0 aliphatic heterocycles. The number of benzene rings is 2. The van der Waals surface area contributed by atoms with Crippen molar-refractivity contribution in [2.24, 2.45) is 0 Å². The van der Waals surface area contributed by atoms with Crippen LogP contribution in [0, 0.1) is 0 Å². The Morgan fingerprint density at radius 3 is 2.45 bits per heavy atom. The number of carbonyl (C=O) groups is 2. The first-order valence-electron chi connectivity index (χ1n) is 9.82. The number of rotatable bonds is 9. The Hall–Kier alpha value is -3.23. The fourth-order valence-electron chi connectivity index (χ4n) is 2.85. The fourth-order valence-corrected chi connectivity index (χ4v) is 2.85. The monoisotopic (exact) mass is 437 g/mol. The lowest BCUT2D eigenvalue weighted by Crippen LogP contribution is -2.26. The minimum absolute atomic E-state index is 0.0416. The van der Waals surface area contributed by atoms with Crippen molar-refractivity contribution in [2.45, 2.75) is 25.9 Å². The third kappa shape index (κ3) is 6.91. The van der Waals surface area contributed by atoms with Gasteiger partial charge in [-0.15, -0.1) is 0 Å². The molecular weight excluding hydrogens is 411 g/mol. The molecule has 0 unspecified atom stereocenters. The maximum Gasteiger partial charge on any atom is 0.418 e. The summed E-state index contributed by atoms with van der Waals surface area (Å²) < 4.78 is 45.5. The third-order valence-electron chi connectivity index (χ3n) is 4.40. The summed E-state index contributed by atoms with van der Waals surface area (Å²) in [5.74, 6) is -0.448. The van der Waals surface area contributed by atoms with Crippen LogP contribution in [-0.4, -0.2) is 39.1 Å². The lowest BCUT2D eigenvalue weighted by Gasteiger charge is -2.18. The lowest BCUT2D eigenvalue weighted by molar-refractivity contribution is -0.136. The van der Waals surface area contributed by atoms with Crippen molar-refractivity contribution < 1.29 is 27.5 Å². The van der Waals surface area contributed by atoms with Gasteiger partial charge in [-0.2, -0.15) is 13.2 Å². The number of anilines is 2. The molecule has 31 heavy (non-hydrogen) atoms. The molecule has 2 rings (SSSR count). The van der Waals surface area contributed by atoms with Gasteiger partial charge in [0, 0.05) is 32.7 Å². The average molecular weight is 437 g/mol. The molecule has 9 heteroatoms. The van der Waals surface area contributed by atoms with Crippen molar-refractivity contribution in [1.82, 2.24) is 5.32 Å². The lowest BCUT2D eigenvalue weighted by atomic mass is 10.1. The number of amides is 2. The summed E-state index contributed by atoms with van der Waals surface area (Å²) in [7, 11) is 3.27. The normalized spacial score (nSPS) is 11.0. The Labute approximate surface area is 179 Å². The van der Waals surface area contributed by atoms with Crippen molar-refractivity contribution in [3.05, 3.63) is 53.6 Å². The highest BCUT2D eigenvalue weighted by atomic mass is 19.4. The maximum atomic E-state index is 13.4. The van der Waals surface area contributed by atoms with Gasteiger partial charge in [0.1, 0.15) is 5.75 Å². The number of hydrogen-bond acceptors (Lipinski definition) is 4. The van der Waals surface area contributed by atoms with Crippen LogP contribution >= 0.6 is 0 Å². The molecule has 0 saturated heterocycles. The molecule has 168 valence electrons. The minimum atomic E-state index is -4.60. The number of carbonyl (C=O) groups excluding carboxylic acids is 2. The van der Waals surface area contributed by atoms with E-state index in [9.17, 15) is 22.8 Å². The molecule has 0 atom stereocenters. The quantitative estimate of drug-likeness (QED) is 0.574. The number of para-hydroxylation sites is 1. The summed E-state index contributed by atoms with van der Waals surface area (Å²) in [4.78, 5) is 26.0. The number of hydrogen-bond donors (Lipinski definition) is 2. The zero-order chi connectivity index (χ0) is 23.0. The number of nitrogens with zero attached hydrogens (tertiary/aromatic N) is 1. The summed E-state index contributed by atoms with van der Waals surface area (Å²) in [5.41, 5.74) is -0.448. The van der Waals surface area contributed by atoms with Gasteiger partial charge in [-0.1, -0.05) is 12.1 Å².